The molecule has 11 heavy (non-hydrogen) atoms. The van der Waals surface area contributed by atoms with Crippen LogP contribution < -0.4 is 5.73 Å². The van der Waals surface area contributed by atoms with Gasteiger partial charge < -0.3 is 5.73 Å². The molecular weight excluding hydrogens is 136 g/mol. The average molecular weight is 152 g/mol. The highest BCUT2D eigenvalue weighted by atomic mass is 14.9. The lowest BCUT2D eigenvalue weighted by Gasteiger charge is -1.98. The van der Waals surface area contributed by atoms with Crippen LogP contribution in [-0.4, -0.2) is 5.84 Å². The minimum Gasteiger partial charge on any atom is -0.383 e. The van der Waals surface area contributed by atoms with Gasteiger partial charge in [-0.1, -0.05) is 12.2 Å². The molecule has 0 aromatic carbocycles. The number of hydrogen-bond donors (Lipinski definition) is 1. The summed E-state index contributed by atoms with van der Waals surface area (Å²) >= 11 is 0. The second-order valence-electron chi connectivity index (χ2n) is 2.40. The third-order valence-electron chi connectivity index (χ3n) is 1.55. The minimum atomic E-state index is 0.600. The summed E-state index contributed by atoms with van der Waals surface area (Å²) in [5.74, 6) is 0.600. The lowest BCUT2D eigenvalue weighted by Crippen LogP contribution is -2.12. The van der Waals surface area contributed by atoms with Crippen LogP contribution in [0.3, 0.4) is 0 Å². The Hall–Kier alpha value is -1.05. The van der Waals surface area contributed by atoms with Crippen LogP contribution in [0, 0.1) is 0 Å². The van der Waals surface area contributed by atoms with Gasteiger partial charge in [0.25, 0.3) is 0 Å². The van der Waals surface area contributed by atoms with E-state index in [2.05, 4.69) is 4.99 Å². The van der Waals surface area contributed by atoms with Gasteiger partial charge in [0.05, 0.1) is 0 Å². The maximum Gasteiger partial charge on any atom is 0.126 e. The first-order valence-corrected chi connectivity index (χ1v) is 3.72. The Kier molecular flexibility index (Phi) is 4.27. The Morgan fingerprint density at radius 1 is 1.18 bits per heavy atom. The van der Waals surface area contributed by atoms with Crippen molar-refractivity contribution in [2.75, 3.05) is 0 Å². The molecule has 0 heterocycles. The van der Waals surface area contributed by atoms with Gasteiger partial charge in [0.2, 0.25) is 0 Å². The highest BCUT2D eigenvalue weighted by molar-refractivity contribution is 5.96. The van der Waals surface area contributed by atoms with Crippen molar-refractivity contribution >= 4 is 5.84 Å². The molecule has 0 aliphatic rings. The molecule has 0 bridgehead atoms. The van der Waals surface area contributed by atoms with Gasteiger partial charge in [0.1, 0.15) is 5.84 Å². The van der Waals surface area contributed by atoms with Crippen LogP contribution in [0.1, 0.15) is 27.7 Å². The Balaban J connectivity index is 4.47. The minimum absolute atomic E-state index is 0.600. The molecular formula is C9H16N2. The van der Waals surface area contributed by atoms with E-state index in [1.807, 2.05) is 39.8 Å². The molecule has 0 aliphatic carbocycles. The fourth-order valence-electron chi connectivity index (χ4n) is 0.491. The summed E-state index contributed by atoms with van der Waals surface area (Å²) in [7, 11) is 0. The zero-order valence-electron chi connectivity index (χ0n) is 7.68. The van der Waals surface area contributed by atoms with Gasteiger partial charge in [-0.25, -0.2) is 4.99 Å². The lowest BCUT2D eigenvalue weighted by atomic mass is 10.3. The standard InChI is InChI=1S/C9H16N2/c1-5-7(3)9(10)11-8(4)6-2/h5-6H,1-4H3,(H2,10,11)/b7-5-,8-6?. The molecule has 0 aromatic rings. The monoisotopic (exact) mass is 152 g/mol. The number of nitrogens with zero attached hydrogens (tertiary/aromatic N) is 1. The highest BCUT2D eigenvalue weighted by Crippen LogP contribution is 1.98. The number of aliphatic imine (C=N–C) groups is 1. The van der Waals surface area contributed by atoms with E-state index >= 15 is 0 Å². The summed E-state index contributed by atoms with van der Waals surface area (Å²) in [5, 5.41) is 0. The molecule has 2 N–H and O–H groups in total. The van der Waals surface area contributed by atoms with Gasteiger partial charge in [0, 0.05) is 5.70 Å². The molecule has 2 heteroatoms. The van der Waals surface area contributed by atoms with E-state index in [-0.39, 0.29) is 0 Å². The molecule has 0 aliphatic heterocycles. The second kappa shape index (κ2) is 4.72. The van der Waals surface area contributed by atoms with E-state index in [0.29, 0.717) is 5.84 Å². The van der Waals surface area contributed by atoms with E-state index in [0.717, 1.165) is 11.3 Å². The lowest BCUT2D eigenvalue weighted by molar-refractivity contribution is 1.26. The van der Waals surface area contributed by atoms with Crippen molar-refractivity contribution in [2.24, 2.45) is 10.7 Å². The van der Waals surface area contributed by atoms with Crippen LogP contribution in [0.25, 0.3) is 0 Å². The van der Waals surface area contributed by atoms with Gasteiger partial charge >= 0.3 is 0 Å². The molecule has 0 unspecified atom stereocenters. The van der Waals surface area contributed by atoms with Crippen molar-refractivity contribution in [3.8, 4) is 0 Å². The van der Waals surface area contributed by atoms with E-state index in [4.69, 9.17) is 5.73 Å². The third-order valence-corrected chi connectivity index (χ3v) is 1.55. The zero-order valence-corrected chi connectivity index (χ0v) is 7.68. The number of nitrogens with two attached hydrogens (primary N) is 1. The molecule has 0 fully saturated rings. The SMILES string of the molecule is CC=C(C)N=C(N)/C(C)=C\C. The highest BCUT2D eigenvalue weighted by Gasteiger charge is 1.92. The quantitative estimate of drug-likeness (QED) is 0.478. The maximum atomic E-state index is 5.65. The fourth-order valence-corrected chi connectivity index (χ4v) is 0.491. The molecule has 0 rings (SSSR count). The summed E-state index contributed by atoms with van der Waals surface area (Å²) < 4.78 is 0. The van der Waals surface area contributed by atoms with Gasteiger partial charge in [-0.05, 0) is 33.3 Å². The van der Waals surface area contributed by atoms with Gasteiger partial charge in [-0.3, -0.25) is 0 Å². The largest absolute Gasteiger partial charge is 0.383 e. The number of hydrogen-bond acceptors (Lipinski definition) is 1. The van der Waals surface area contributed by atoms with Crippen LogP contribution in [0.15, 0.2) is 28.4 Å². The first-order valence-electron chi connectivity index (χ1n) is 3.72. The molecule has 0 amide bonds. The Bertz CT molecular complexity index is 210. The summed E-state index contributed by atoms with van der Waals surface area (Å²) in [6.45, 7) is 7.76. The van der Waals surface area contributed by atoms with Gasteiger partial charge in [0.15, 0.2) is 0 Å². The molecule has 62 valence electrons. The summed E-state index contributed by atoms with van der Waals surface area (Å²) in [6, 6.07) is 0. The van der Waals surface area contributed by atoms with Gasteiger partial charge in [-0.15, -0.1) is 0 Å². The first-order chi connectivity index (χ1) is 5.11. The molecule has 0 aromatic heterocycles. The molecule has 2 nitrogen and oxygen atoms in total. The van der Waals surface area contributed by atoms with Crippen LogP contribution in [-0.2, 0) is 0 Å². The summed E-state index contributed by atoms with van der Waals surface area (Å²) in [4.78, 5) is 4.15. The fraction of sp³-hybridized carbons (Fsp3) is 0.444. The maximum absolute atomic E-state index is 5.65. The van der Waals surface area contributed by atoms with Gasteiger partial charge in [-0.2, -0.15) is 0 Å². The normalized spacial score (nSPS) is 15.5. The topological polar surface area (TPSA) is 38.4 Å². The number of rotatable bonds is 2. The predicted octanol–water partition coefficient (Wildman–Crippen LogP) is 2.23. The van der Waals surface area contributed by atoms with Crippen LogP contribution in [0.4, 0.5) is 0 Å². The first kappa shape index (κ1) is 9.95. The molecule has 0 spiro atoms. The predicted molar refractivity (Wildman–Crippen MR) is 50.5 cm³/mol. The van der Waals surface area contributed by atoms with E-state index in [1.165, 1.54) is 0 Å². The Morgan fingerprint density at radius 3 is 2.09 bits per heavy atom. The average Bonchev–Trinajstić information content (AvgIpc) is 2.02. The Labute approximate surface area is 68.5 Å². The van der Waals surface area contributed by atoms with Crippen molar-refractivity contribution in [3.05, 3.63) is 23.4 Å². The van der Waals surface area contributed by atoms with E-state index in [9.17, 15) is 0 Å². The van der Waals surface area contributed by atoms with E-state index in [1.54, 1.807) is 0 Å². The molecule has 0 saturated heterocycles. The van der Waals surface area contributed by atoms with Crippen LogP contribution in [0.5, 0.6) is 0 Å². The number of allylic oxidation sites excluding steroid dienone is 3. The van der Waals surface area contributed by atoms with Crippen LogP contribution >= 0.6 is 0 Å². The van der Waals surface area contributed by atoms with Crippen molar-refractivity contribution < 1.29 is 0 Å². The summed E-state index contributed by atoms with van der Waals surface area (Å²) in [6.07, 6.45) is 3.87. The van der Waals surface area contributed by atoms with Crippen LogP contribution in [0.2, 0.25) is 0 Å². The molecule has 0 atom stereocenters. The summed E-state index contributed by atoms with van der Waals surface area (Å²) in [5.41, 5.74) is 7.61. The van der Waals surface area contributed by atoms with Crippen molar-refractivity contribution in [1.82, 2.24) is 0 Å². The molecule has 0 saturated carbocycles. The van der Waals surface area contributed by atoms with Crippen molar-refractivity contribution in [2.45, 2.75) is 27.7 Å². The second-order valence-corrected chi connectivity index (χ2v) is 2.40. The zero-order chi connectivity index (χ0) is 8.85. The smallest absolute Gasteiger partial charge is 0.126 e. The Morgan fingerprint density at radius 2 is 1.73 bits per heavy atom. The van der Waals surface area contributed by atoms with Crippen molar-refractivity contribution in [1.29, 1.82) is 0 Å². The number of amidine groups is 1. The van der Waals surface area contributed by atoms with Crippen molar-refractivity contribution in [3.63, 3.8) is 0 Å². The van der Waals surface area contributed by atoms with E-state index < -0.39 is 0 Å². The molecule has 0 radical (unpaired) electrons. The third kappa shape index (κ3) is 3.61.